The average Bonchev–Trinajstić information content (AvgIpc) is 3.40. The summed E-state index contributed by atoms with van der Waals surface area (Å²) >= 11 is 6.20. The molecule has 1 N–H and O–H groups in total. The van der Waals surface area contributed by atoms with Crippen LogP contribution >= 0.6 is 11.6 Å². The van der Waals surface area contributed by atoms with Crippen molar-refractivity contribution >= 4 is 22.5 Å². The van der Waals surface area contributed by atoms with E-state index in [1.807, 2.05) is 72.3 Å². The number of fused-ring (bicyclic) bond motifs is 1. The van der Waals surface area contributed by atoms with E-state index in [2.05, 4.69) is 64.4 Å². The van der Waals surface area contributed by atoms with Crippen molar-refractivity contribution in [3.63, 3.8) is 0 Å². The third kappa shape index (κ3) is 6.10. The summed E-state index contributed by atoms with van der Waals surface area (Å²) in [6.07, 6.45) is 0.798. The molecule has 200 valence electrons. The molecule has 0 fully saturated rings. The molecule has 39 heavy (non-hydrogen) atoms. The van der Waals surface area contributed by atoms with E-state index in [1.165, 1.54) is 5.56 Å². The van der Waals surface area contributed by atoms with Gasteiger partial charge in [-0.25, -0.2) is 4.68 Å². The number of halogens is 1. The Morgan fingerprint density at radius 2 is 1.72 bits per heavy atom. The average molecular weight is 541 g/mol. The number of pyridine rings is 1. The van der Waals surface area contributed by atoms with Crippen LogP contribution in [-0.4, -0.2) is 36.6 Å². The van der Waals surface area contributed by atoms with Crippen LogP contribution in [0.2, 0.25) is 5.02 Å². The normalized spacial score (nSPS) is 12.8. The summed E-state index contributed by atoms with van der Waals surface area (Å²) in [5.41, 5.74) is 4.27. The lowest BCUT2D eigenvalue weighted by atomic mass is 10.00. The Morgan fingerprint density at radius 3 is 2.44 bits per heavy atom. The summed E-state index contributed by atoms with van der Waals surface area (Å²) in [6, 6.07) is 25.8. The molecule has 3 aromatic carbocycles. The molecule has 0 aliphatic rings. The van der Waals surface area contributed by atoms with Crippen molar-refractivity contribution in [2.75, 3.05) is 6.54 Å². The number of benzene rings is 3. The Bertz CT molecular complexity index is 1620. The molecule has 0 aliphatic carbocycles. The van der Waals surface area contributed by atoms with Gasteiger partial charge < -0.3 is 4.98 Å². The molecule has 2 heterocycles. The van der Waals surface area contributed by atoms with E-state index in [0.29, 0.717) is 29.5 Å². The van der Waals surface area contributed by atoms with Crippen molar-refractivity contribution in [1.29, 1.82) is 0 Å². The highest BCUT2D eigenvalue weighted by atomic mass is 35.5. The number of nitrogens with zero attached hydrogens (tertiary/aromatic N) is 5. The Labute approximate surface area is 233 Å². The van der Waals surface area contributed by atoms with Gasteiger partial charge in [-0.15, -0.1) is 5.10 Å². The quantitative estimate of drug-likeness (QED) is 0.258. The van der Waals surface area contributed by atoms with Gasteiger partial charge in [0.05, 0.1) is 5.54 Å². The monoisotopic (exact) mass is 540 g/mol. The number of rotatable bonds is 8. The number of hydrogen-bond donors (Lipinski definition) is 1. The highest BCUT2D eigenvalue weighted by Crippen LogP contribution is 2.31. The number of aryl methyl sites for hydroxylation is 1. The summed E-state index contributed by atoms with van der Waals surface area (Å²) in [6.45, 7) is 9.46. The molecule has 0 amide bonds. The zero-order valence-electron chi connectivity index (χ0n) is 22.7. The summed E-state index contributed by atoms with van der Waals surface area (Å²) in [4.78, 5) is 19.1. The van der Waals surface area contributed by atoms with Gasteiger partial charge in [0.1, 0.15) is 6.04 Å². The number of aromatic nitrogens is 5. The number of aromatic amines is 1. The van der Waals surface area contributed by atoms with Crippen molar-refractivity contribution in [1.82, 2.24) is 30.1 Å². The highest BCUT2D eigenvalue weighted by Gasteiger charge is 2.33. The van der Waals surface area contributed by atoms with Gasteiger partial charge in [0, 0.05) is 29.2 Å². The summed E-state index contributed by atoms with van der Waals surface area (Å²) < 4.78 is 1.83. The zero-order valence-corrected chi connectivity index (χ0v) is 23.5. The van der Waals surface area contributed by atoms with Crippen LogP contribution in [0.15, 0.2) is 83.7 Å². The van der Waals surface area contributed by atoms with E-state index >= 15 is 0 Å². The Morgan fingerprint density at radius 1 is 0.974 bits per heavy atom. The molecule has 1 atom stereocenters. The van der Waals surface area contributed by atoms with Gasteiger partial charge in [-0.1, -0.05) is 66.2 Å². The SMILES string of the molecule is Cc1ccc2cc([C@@H](c3nnnn3C(C)(C)C)N(CCc3ccccc3)Cc3ccc(Cl)cc3)c(=O)[nH]c2c1. The molecule has 5 rings (SSSR count). The second kappa shape index (κ2) is 11.1. The minimum Gasteiger partial charge on any atom is -0.322 e. The predicted molar refractivity (Wildman–Crippen MR) is 156 cm³/mol. The third-order valence-corrected chi connectivity index (χ3v) is 7.14. The largest absolute Gasteiger partial charge is 0.322 e. The van der Waals surface area contributed by atoms with E-state index in [1.54, 1.807) is 0 Å². The lowest BCUT2D eigenvalue weighted by molar-refractivity contribution is 0.195. The van der Waals surface area contributed by atoms with E-state index in [0.717, 1.165) is 28.5 Å². The van der Waals surface area contributed by atoms with Gasteiger partial charge >= 0.3 is 0 Å². The molecule has 0 saturated heterocycles. The van der Waals surface area contributed by atoms with Gasteiger partial charge in [0.15, 0.2) is 5.82 Å². The number of hydrogen-bond acceptors (Lipinski definition) is 5. The maximum Gasteiger partial charge on any atom is 0.253 e. The minimum absolute atomic E-state index is 0.151. The first kappa shape index (κ1) is 26.8. The smallest absolute Gasteiger partial charge is 0.253 e. The van der Waals surface area contributed by atoms with Crippen LogP contribution in [0.1, 0.15) is 54.9 Å². The Kier molecular flexibility index (Phi) is 7.64. The molecular formula is C31H33ClN6O. The van der Waals surface area contributed by atoms with Crippen LogP contribution in [-0.2, 0) is 18.5 Å². The van der Waals surface area contributed by atoms with Gasteiger partial charge in [-0.05, 0) is 90.9 Å². The van der Waals surface area contributed by atoms with Gasteiger partial charge in [0.2, 0.25) is 0 Å². The topological polar surface area (TPSA) is 79.7 Å². The number of tetrazole rings is 1. The molecular weight excluding hydrogens is 508 g/mol. The van der Waals surface area contributed by atoms with Gasteiger partial charge in [-0.3, -0.25) is 9.69 Å². The minimum atomic E-state index is -0.493. The molecule has 0 bridgehead atoms. The van der Waals surface area contributed by atoms with Gasteiger partial charge in [0.25, 0.3) is 5.56 Å². The van der Waals surface area contributed by atoms with Crippen molar-refractivity contribution < 1.29 is 0 Å². The van der Waals surface area contributed by atoms with E-state index in [-0.39, 0.29) is 11.1 Å². The molecule has 0 saturated carbocycles. The second-order valence-corrected chi connectivity index (χ2v) is 11.4. The van der Waals surface area contributed by atoms with Crippen molar-refractivity contribution in [3.8, 4) is 0 Å². The standard InChI is InChI=1S/C31H33ClN6O/c1-21-10-13-24-19-26(30(39)33-27(24)18-21)28(29-34-35-36-38(29)31(2,3)4)37(17-16-22-8-6-5-7-9-22)20-23-11-14-25(32)15-12-23/h5-15,18-19,28H,16-17,20H2,1-4H3,(H,33,39)/t28-/m0/s1. The maximum atomic E-state index is 13.7. The first-order valence-corrected chi connectivity index (χ1v) is 13.5. The van der Waals surface area contributed by atoms with Crippen LogP contribution < -0.4 is 5.56 Å². The summed E-state index contributed by atoms with van der Waals surface area (Å²) in [5, 5.41) is 14.6. The summed E-state index contributed by atoms with van der Waals surface area (Å²) in [5.74, 6) is 0.626. The Balaban J connectivity index is 1.68. The predicted octanol–water partition coefficient (Wildman–Crippen LogP) is 6.07. The van der Waals surface area contributed by atoms with Crippen LogP contribution in [0.25, 0.3) is 10.9 Å². The first-order chi connectivity index (χ1) is 18.7. The van der Waals surface area contributed by atoms with Crippen molar-refractivity contribution in [2.45, 2.75) is 52.2 Å². The second-order valence-electron chi connectivity index (χ2n) is 11.0. The molecule has 8 heteroatoms. The molecule has 2 aromatic heterocycles. The van der Waals surface area contributed by atoms with Crippen LogP contribution in [0.5, 0.6) is 0 Å². The number of H-pyrrole nitrogens is 1. The molecule has 5 aromatic rings. The fourth-order valence-electron chi connectivity index (χ4n) is 4.92. The molecule has 0 radical (unpaired) electrons. The van der Waals surface area contributed by atoms with Crippen molar-refractivity contribution in [3.05, 3.63) is 122 Å². The van der Waals surface area contributed by atoms with E-state index in [4.69, 9.17) is 11.6 Å². The molecule has 0 spiro atoms. The first-order valence-electron chi connectivity index (χ1n) is 13.1. The Hall–Kier alpha value is -3.81. The zero-order chi connectivity index (χ0) is 27.6. The summed E-state index contributed by atoms with van der Waals surface area (Å²) in [7, 11) is 0. The third-order valence-electron chi connectivity index (χ3n) is 6.89. The van der Waals surface area contributed by atoms with E-state index in [9.17, 15) is 4.79 Å². The lowest BCUT2D eigenvalue weighted by Gasteiger charge is -2.33. The van der Waals surface area contributed by atoms with Gasteiger partial charge in [-0.2, -0.15) is 0 Å². The molecule has 0 aliphatic heterocycles. The fraction of sp³-hybridized carbons (Fsp3) is 0.290. The maximum absolute atomic E-state index is 13.7. The molecule has 0 unspecified atom stereocenters. The van der Waals surface area contributed by atoms with E-state index < -0.39 is 6.04 Å². The fourth-order valence-corrected chi connectivity index (χ4v) is 5.04. The highest BCUT2D eigenvalue weighted by molar-refractivity contribution is 6.30. The van der Waals surface area contributed by atoms with Crippen LogP contribution in [0.3, 0.4) is 0 Å². The molecule has 7 nitrogen and oxygen atoms in total. The lowest BCUT2D eigenvalue weighted by Crippen LogP contribution is -2.38. The van der Waals surface area contributed by atoms with Crippen LogP contribution in [0.4, 0.5) is 0 Å². The number of nitrogens with one attached hydrogen (secondary N) is 1. The van der Waals surface area contributed by atoms with Crippen LogP contribution in [0, 0.1) is 6.92 Å². The van der Waals surface area contributed by atoms with Crippen molar-refractivity contribution in [2.24, 2.45) is 0 Å².